The van der Waals surface area contributed by atoms with Gasteiger partial charge in [-0.05, 0) is 44.9 Å². The summed E-state index contributed by atoms with van der Waals surface area (Å²) >= 11 is 0. The molecule has 1 heterocycles. The van der Waals surface area contributed by atoms with E-state index in [9.17, 15) is 13.6 Å². The fourth-order valence-electron chi connectivity index (χ4n) is 2.52. The van der Waals surface area contributed by atoms with Crippen LogP contribution in [0.5, 0.6) is 0 Å². The molecule has 20 heavy (non-hydrogen) atoms. The molecule has 0 radical (unpaired) electrons. The SMILES string of the molecule is CC(Cc1c(F)cccc1F)NC(=O)[C@@H]1CCCNC1. The molecule has 1 aliphatic heterocycles. The topological polar surface area (TPSA) is 41.1 Å². The lowest BCUT2D eigenvalue weighted by Crippen LogP contribution is -2.44. The number of carbonyl (C=O) groups excluding carboxylic acids is 1. The van der Waals surface area contributed by atoms with E-state index in [2.05, 4.69) is 10.6 Å². The summed E-state index contributed by atoms with van der Waals surface area (Å²) < 4.78 is 27.1. The number of halogens is 2. The fraction of sp³-hybridized carbons (Fsp3) is 0.533. The first kappa shape index (κ1) is 14.9. The van der Waals surface area contributed by atoms with Crippen LogP contribution < -0.4 is 10.6 Å². The summed E-state index contributed by atoms with van der Waals surface area (Å²) in [6.45, 7) is 3.38. The van der Waals surface area contributed by atoms with Gasteiger partial charge in [-0.2, -0.15) is 0 Å². The second-order valence-electron chi connectivity index (χ2n) is 5.36. The summed E-state index contributed by atoms with van der Waals surface area (Å²) in [5.74, 6) is -1.21. The third kappa shape index (κ3) is 3.76. The van der Waals surface area contributed by atoms with Crippen molar-refractivity contribution in [1.82, 2.24) is 10.6 Å². The number of hydrogen-bond donors (Lipinski definition) is 2. The van der Waals surface area contributed by atoms with Crippen molar-refractivity contribution in [2.75, 3.05) is 13.1 Å². The summed E-state index contributed by atoms with van der Waals surface area (Å²) in [6.07, 6.45) is 2.00. The molecule has 0 aromatic heterocycles. The molecule has 0 bridgehead atoms. The van der Waals surface area contributed by atoms with Gasteiger partial charge in [0.15, 0.2) is 0 Å². The first-order valence-electron chi connectivity index (χ1n) is 7.02. The zero-order valence-corrected chi connectivity index (χ0v) is 11.6. The fourth-order valence-corrected chi connectivity index (χ4v) is 2.52. The molecule has 1 aromatic rings. The van der Waals surface area contributed by atoms with Crippen LogP contribution in [0.4, 0.5) is 8.78 Å². The van der Waals surface area contributed by atoms with Gasteiger partial charge in [0.25, 0.3) is 0 Å². The van der Waals surface area contributed by atoms with Crippen molar-refractivity contribution < 1.29 is 13.6 Å². The van der Waals surface area contributed by atoms with Gasteiger partial charge in [0.1, 0.15) is 11.6 Å². The minimum absolute atomic E-state index is 0.0297. The summed E-state index contributed by atoms with van der Waals surface area (Å²) in [4.78, 5) is 12.0. The minimum atomic E-state index is -0.564. The lowest BCUT2D eigenvalue weighted by molar-refractivity contribution is -0.126. The van der Waals surface area contributed by atoms with Crippen molar-refractivity contribution in [2.24, 2.45) is 5.92 Å². The Morgan fingerprint density at radius 3 is 2.75 bits per heavy atom. The van der Waals surface area contributed by atoms with Crippen LogP contribution in [0.1, 0.15) is 25.3 Å². The van der Waals surface area contributed by atoms with Crippen LogP contribution >= 0.6 is 0 Å². The van der Waals surface area contributed by atoms with Crippen molar-refractivity contribution in [1.29, 1.82) is 0 Å². The molecule has 1 aromatic carbocycles. The largest absolute Gasteiger partial charge is 0.353 e. The van der Waals surface area contributed by atoms with Crippen molar-refractivity contribution in [3.05, 3.63) is 35.4 Å². The Morgan fingerprint density at radius 1 is 1.45 bits per heavy atom. The number of benzene rings is 1. The lowest BCUT2D eigenvalue weighted by atomic mass is 9.98. The quantitative estimate of drug-likeness (QED) is 0.887. The predicted molar refractivity (Wildman–Crippen MR) is 73.3 cm³/mol. The molecule has 1 amide bonds. The second kappa shape index (κ2) is 6.79. The van der Waals surface area contributed by atoms with Gasteiger partial charge in [0, 0.05) is 18.2 Å². The van der Waals surface area contributed by atoms with E-state index in [1.807, 2.05) is 0 Å². The molecule has 0 saturated carbocycles. The van der Waals surface area contributed by atoms with E-state index in [0.717, 1.165) is 19.4 Å². The molecular formula is C15H20F2N2O. The van der Waals surface area contributed by atoms with Gasteiger partial charge in [-0.1, -0.05) is 6.07 Å². The number of hydrogen-bond acceptors (Lipinski definition) is 2. The van der Waals surface area contributed by atoms with Gasteiger partial charge in [0.2, 0.25) is 5.91 Å². The molecule has 5 heteroatoms. The van der Waals surface area contributed by atoms with E-state index in [1.165, 1.54) is 18.2 Å². The molecule has 2 rings (SSSR count). The van der Waals surface area contributed by atoms with Crippen LogP contribution in [0.2, 0.25) is 0 Å². The standard InChI is InChI=1S/C15H20F2N2O/c1-10(8-12-13(16)5-2-6-14(12)17)19-15(20)11-4-3-7-18-9-11/h2,5-6,10-11,18H,3-4,7-9H2,1H3,(H,19,20)/t10?,11-/m1/s1. The van der Waals surface area contributed by atoms with Crippen LogP contribution in [0.3, 0.4) is 0 Å². The van der Waals surface area contributed by atoms with E-state index < -0.39 is 11.6 Å². The number of piperidine rings is 1. The highest BCUT2D eigenvalue weighted by Gasteiger charge is 2.22. The first-order chi connectivity index (χ1) is 9.58. The number of rotatable bonds is 4. The number of nitrogens with one attached hydrogen (secondary N) is 2. The van der Waals surface area contributed by atoms with E-state index in [0.29, 0.717) is 6.54 Å². The summed E-state index contributed by atoms with van der Waals surface area (Å²) in [5, 5.41) is 6.02. The van der Waals surface area contributed by atoms with Crippen molar-refractivity contribution >= 4 is 5.91 Å². The second-order valence-corrected chi connectivity index (χ2v) is 5.36. The molecule has 110 valence electrons. The van der Waals surface area contributed by atoms with Gasteiger partial charge in [0.05, 0.1) is 5.92 Å². The zero-order chi connectivity index (χ0) is 14.5. The van der Waals surface area contributed by atoms with Crippen LogP contribution in [-0.4, -0.2) is 25.0 Å². The highest BCUT2D eigenvalue weighted by molar-refractivity contribution is 5.79. The van der Waals surface area contributed by atoms with Gasteiger partial charge < -0.3 is 10.6 Å². The van der Waals surface area contributed by atoms with E-state index >= 15 is 0 Å². The molecule has 1 aliphatic rings. The van der Waals surface area contributed by atoms with E-state index in [1.54, 1.807) is 6.92 Å². The highest BCUT2D eigenvalue weighted by atomic mass is 19.1. The maximum Gasteiger partial charge on any atom is 0.224 e. The van der Waals surface area contributed by atoms with Gasteiger partial charge >= 0.3 is 0 Å². The van der Waals surface area contributed by atoms with E-state index in [-0.39, 0.29) is 29.9 Å². The van der Waals surface area contributed by atoms with Gasteiger partial charge in [-0.25, -0.2) is 8.78 Å². The monoisotopic (exact) mass is 282 g/mol. The molecule has 2 N–H and O–H groups in total. The highest BCUT2D eigenvalue weighted by Crippen LogP contribution is 2.15. The molecule has 0 aliphatic carbocycles. The lowest BCUT2D eigenvalue weighted by Gasteiger charge is -2.24. The summed E-state index contributed by atoms with van der Waals surface area (Å²) in [5.41, 5.74) is 0.0297. The summed E-state index contributed by atoms with van der Waals surface area (Å²) in [7, 11) is 0. The Balaban J connectivity index is 1.91. The minimum Gasteiger partial charge on any atom is -0.353 e. The average molecular weight is 282 g/mol. The Kier molecular flexibility index (Phi) is 5.06. The predicted octanol–water partition coefficient (Wildman–Crippen LogP) is 2.01. The molecule has 2 atom stereocenters. The Bertz CT molecular complexity index is 453. The molecule has 3 nitrogen and oxygen atoms in total. The van der Waals surface area contributed by atoms with Crippen molar-refractivity contribution in [2.45, 2.75) is 32.2 Å². The van der Waals surface area contributed by atoms with Crippen LogP contribution in [-0.2, 0) is 11.2 Å². The van der Waals surface area contributed by atoms with Gasteiger partial charge in [-0.3, -0.25) is 4.79 Å². The average Bonchev–Trinajstić information content (AvgIpc) is 2.44. The third-order valence-electron chi connectivity index (χ3n) is 3.63. The molecule has 1 fully saturated rings. The third-order valence-corrected chi connectivity index (χ3v) is 3.63. The van der Waals surface area contributed by atoms with Crippen molar-refractivity contribution in [3.8, 4) is 0 Å². The molecular weight excluding hydrogens is 262 g/mol. The van der Waals surface area contributed by atoms with Crippen LogP contribution in [0, 0.1) is 17.6 Å². The zero-order valence-electron chi connectivity index (χ0n) is 11.6. The Labute approximate surface area is 117 Å². The Hall–Kier alpha value is -1.49. The maximum absolute atomic E-state index is 13.5. The molecule has 1 saturated heterocycles. The van der Waals surface area contributed by atoms with Crippen LogP contribution in [0.25, 0.3) is 0 Å². The van der Waals surface area contributed by atoms with Crippen molar-refractivity contribution in [3.63, 3.8) is 0 Å². The normalized spacial score (nSPS) is 20.4. The Morgan fingerprint density at radius 2 is 2.15 bits per heavy atom. The van der Waals surface area contributed by atoms with Crippen LogP contribution in [0.15, 0.2) is 18.2 Å². The number of carbonyl (C=O) groups is 1. The summed E-state index contributed by atoms with van der Waals surface area (Å²) in [6, 6.07) is 3.51. The first-order valence-corrected chi connectivity index (χ1v) is 7.02. The van der Waals surface area contributed by atoms with E-state index in [4.69, 9.17) is 0 Å². The molecule has 1 unspecified atom stereocenters. The maximum atomic E-state index is 13.5. The molecule has 0 spiro atoms. The van der Waals surface area contributed by atoms with Gasteiger partial charge in [-0.15, -0.1) is 0 Å². The smallest absolute Gasteiger partial charge is 0.224 e. The number of amides is 1.